The van der Waals surface area contributed by atoms with Crippen molar-refractivity contribution in [1.29, 1.82) is 0 Å². The summed E-state index contributed by atoms with van der Waals surface area (Å²) in [5, 5.41) is 26.3. The molecule has 0 aliphatic heterocycles. The molecule has 0 spiro atoms. The maximum atomic E-state index is 11.2. The van der Waals surface area contributed by atoms with Crippen LogP contribution in [0, 0.1) is 17.0 Å². The number of aliphatic hydroxyl groups excluding tert-OH is 1. The molecule has 1 aromatic rings. The van der Waals surface area contributed by atoms with Gasteiger partial charge in [0.25, 0.3) is 0 Å². The molecule has 0 saturated heterocycles. The minimum atomic E-state index is -0.479. The summed E-state index contributed by atoms with van der Waals surface area (Å²) in [6.45, 7) is 6.27. The summed E-state index contributed by atoms with van der Waals surface area (Å²) in [6, 6.07) is -0.0676. The topological polar surface area (TPSA) is 113 Å². The van der Waals surface area contributed by atoms with Gasteiger partial charge in [-0.05, 0) is 26.2 Å². The van der Waals surface area contributed by atoms with Crippen LogP contribution in [0.15, 0.2) is 0 Å². The maximum Gasteiger partial charge on any atom is 0.332 e. The molecule has 0 saturated carbocycles. The number of aliphatic hydroxyl groups is 1. The first-order valence-corrected chi connectivity index (χ1v) is 7.17. The molecular formula is C13H23N5O3. The fourth-order valence-corrected chi connectivity index (χ4v) is 1.93. The number of hydrogen-bond acceptors (Lipinski definition) is 7. The average Bonchev–Trinajstić information content (AvgIpc) is 2.43. The molecule has 0 aliphatic rings. The third-order valence-corrected chi connectivity index (χ3v) is 3.09. The lowest BCUT2D eigenvalue weighted by molar-refractivity contribution is -0.385. The predicted molar refractivity (Wildman–Crippen MR) is 81.6 cm³/mol. The number of anilines is 2. The number of aromatic nitrogens is 2. The van der Waals surface area contributed by atoms with Crippen LogP contribution in [0.1, 0.15) is 38.8 Å². The summed E-state index contributed by atoms with van der Waals surface area (Å²) in [5.41, 5.74) is 0.198. The molecule has 1 aromatic heterocycles. The summed E-state index contributed by atoms with van der Waals surface area (Å²) >= 11 is 0. The van der Waals surface area contributed by atoms with Crippen molar-refractivity contribution in [2.75, 3.05) is 23.8 Å². The van der Waals surface area contributed by atoms with Gasteiger partial charge < -0.3 is 15.7 Å². The van der Waals surface area contributed by atoms with Gasteiger partial charge in [0, 0.05) is 19.2 Å². The molecular weight excluding hydrogens is 274 g/mol. The van der Waals surface area contributed by atoms with E-state index in [0.29, 0.717) is 24.6 Å². The van der Waals surface area contributed by atoms with Crippen molar-refractivity contribution in [3.05, 3.63) is 15.8 Å². The van der Waals surface area contributed by atoms with Gasteiger partial charge >= 0.3 is 5.69 Å². The molecule has 1 unspecified atom stereocenters. The van der Waals surface area contributed by atoms with Crippen molar-refractivity contribution in [3.8, 4) is 0 Å². The molecule has 1 rings (SSSR count). The van der Waals surface area contributed by atoms with E-state index in [1.165, 1.54) is 0 Å². The number of nitrogens with zero attached hydrogens (tertiary/aromatic N) is 3. The van der Waals surface area contributed by atoms with Gasteiger partial charge in [-0.3, -0.25) is 10.1 Å². The van der Waals surface area contributed by atoms with Crippen LogP contribution in [0.2, 0.25) is 0 Å². The number of nitro groups is 1. The normalized spacial score (nSPS) is 12.0. The lowest BCUT2D eigenvalue weighted by atomic mass is 10.1. The van der Waals surface area contributed by atoms with E-state index in [1.54, 1.807) is 6.92 Å². The molecule has 0 fully saturated rings. The van der Waals surface area contributed by atoms with Gasteiger partial charge in [0.2, 0.25) is 11.8 Å². The Morgan fingerprint density at radius 2 is 2.10 bits per heavy atom. The van der Waals surface area contributed by atoms with Crippen LogP contribution in [0.5, 0.6) is 0 Å². The Balaban J connectivity index is 3.11. The quantitative estimate of drug-likeness (QED) is 0.472. The SMILES string of the molecule is CCCNc1nc(C)c([N+](=O)[O-])c(NC(CC)CCO)n1. The van der Waals surface area contributed by atoms with E-state index >= 15 is 0 Å². The monoisotopic (exact) mass is 297 g/mol. The van der Waals surface area contributed by atoms with Crippen molar-refractivity contribution in [2.24, 2.45) is 0 Å². The van der Waals surface area contributed by atoms with Crippen LogP contribution in [0.3, 0.4) is 0 Å². The second-order valence-corrected chi connectivity index (χ2v) is 4.78. The Kier molecular flexibility index (Phi) is 6.80. The van der Waals surface area contributed by atoms with Gasteiger partial charge in [-0.25, -0.2) is 4.98 Å². The highest BCUT2D eigenvalue weighted by molar-refractivity contribution is 5.61. The van der Waals surface area contributed by atoms with E-state index in [2.05, 4.69) is 20.6 Å². The van der Waals surface area contributed by atoms with Gasteiger partial charge in [0.15, 0.2) is 0 Å². The van der Waals surface area contributed by atoms with E-state index < -0.39 is 4.92 Å². The number of rotatable bonds is 9. The molecule has 3 N–H and O–H groups in total. The van der Waals surface area contributed by atoms with Crippen LogP contribution >= 0.6 is 0 Å². The molecule has 0 bridgehead atoms. The molecule has 21 heavy (non-hydrogen) atoms. The highest BCUT2D eigenvalue weighted by Gasteiger charge is 2.23. The summed E-state index contributed by atoms with van der Waals surface area (Å²) in [5.74, 6) is 0.577. The number of hydrogen-bond donors (Lipinski definition) is 3. The lowest BCUT2D eigenvalue weighted by Gasteiger charge is -2.17. The van der Waals surface area contributed by atoms with Crippen LogP contribution in [-0.2, 0) is 0 Å². The Labute approximate surface area is 124 Å². The molecule has 0 aromatic carbocycles. The van der Waals surface area contributed by atoms with Gasteiger partial charge in [-0.1, -0.05) is 13.8 Å². The molecule has 1 heterocycles. The van der Waals surface area contributed by atoms with E-state index in [9.17, 15) is 10.1 Å². The fourth-order valence-electron chi connectivity index (χ4n) is 1.93. The molecule has 0 aliphatic carbocycles. The summed E-state index contributed by atoms with van der Waals surface area (Å²) in [4.78, 5) is 19.1. The Morgan fingerprint density at radius 3 is 2.62 bits per heavy atom. The van der Waals surface area contributed by atoms with Crippen molar-refractivity contribution in [1.82, 2.24) is 9.97 Å². The molecule has 0 amide bonds. The minimum absolute atomic E-state index is 0.0182. The van der Waals surface area contributed by atoms with Gasteiger partial charge in [0.05, 0.1) is 4.92 Å². The van der Waals surface area contributed by atoms with Gasteiger partial charge in [-0.2, -0.15) is 4.98 Å². The van der Waals surface area contributed by atoms with Crippen molar-refractivity contribution < 1.29 is 10.0 Å². The average molecular weight is 297 g/mol. The van der Waals surface area contributed by atoms with Crippen LogP contribution in [0.4, 0.5) is 17.5 Å². The van der Waals surface area contributed by atoms with Crippen LogP contribution < -0.4 is 10.6 Å². The van der Waals surface area contributed by atoms with Gasteiger partial charge in [-0.15, -0.1) is 0 Å². The first kappa shape index (κ1) is 17.1. The summed E-state index contributed by atoms with van der Waals surface area (Å²) < 4.78 is 0. The molecule has 0 radical (unpaired) electrons. The number of nitrogens with one attached hydrogen (secondary N) is 2. The zero-order valence-corrected chi connectivity index (χ0v) is 12.7. The first-order valence-electron chi connectivity index (χ1n) is 7.17. The Morgan fingerprint density at radius 1 is 1.38 bits per heavy atom. The first-order chi connectivity index (χ1) is 10.0. The Hall–Kier alpha value is -1.96. The second kappa shape index (κ2) is 8.35. The molecule has 1 atom stereocenters. The smallest absolute Gasteiger partial charge is 0.332 e. The third-order valence-electron chi connectivity index (χ3n) is 3.09. The molecule has 118 valence electrons. The molecule has 8 nitrogen and oxygen atoms in total. The highest BCUT2D eigenvalue weighted by atomic mass is 16.6. The Bertz CT molecular complexity index is 481. The third kappa shape index (κ3) is 4.82. The highest BCUT2D eigenvalue weighted by Crippen LogP contribution is 2.27. The largest absolute Gasteiger partial charge is 0.396 e. The van der Waals surface area contributed by atoms with Crippen molar-refractivity contribution in [2.45, 2.75) is 46.1 Å². The minimum Gasteiger partial charge on any atom is -0.396 e. The zero-order chi connectivity index (χ0) is 15.8. The predicted octanol–water partition coefficient (Wildman–Crippen LogP) is 2.09. The van der Waals surface area contributed by atoms with E-state index in [1.807, 2.05) is 13.8 Å². The zero-order valence-electron chi connectivity index (χ0n) is 12.7. The van der Waals surface area contributed by atoms with Crippen molar-refractivity contribution in [3.63, 3.8) is 0 Å². The van der Waals surface area contributed by atoms with Crippen LogP contribution in [0.25, 0.3) is 0 Å². The number of aryl methyl sites for hydroxylation is 1. The molecule has 8 heteroatoms. The second-order valence-electron chi connectivity index (χ2n) is 4.78. The van der Waals surface area contributed by atoms with Crippen molar-refractivity contribution >= 4 is 17.5 Å². The maximum absolute atomic E-state index is 11.2. The summed E-state index contributed by atoms with van der Waals surface area (Å²) in [6.07, 6.45) is 2.15. The van der Waals surface area contributed by atoms with Gasteiger partial charge in [0.1, 0.15) is 5.69 Å². The van der Waals surface area contributed by atoms with E-state index in [0.717, 1.165) is 12.8 Å². The standard InChI is InChI=1S/C13H23N5O3/c1-4-7-14-13-15-9(3)11(18(20)21)12(17-13)16-10(5-2)6-8-19/h10,19H,4-8H2,1-3H3,(H2,14,15,16,17). The van der Waals surface area contributed by atoms with E-state index in [4.69, 9.17) is 5.11 Å². The lowest BCUT2D eigenvalue weighted by Crippen LogP contribution is -2.22. The summed E-state index contributed by atoms with van der Waals surface area (Å²) in [7, 11) is 0. The van der Waals surface area contributed by atoms with Crippen LogP contribution in [-0.4, -0.2) is 39.2 Å². The van der Waals surface area contributed by atoms with E-state index in [-0.39, 0.29) is 24.2 Å². The fraction of sp³-hybridized carbons (Fsp3) is 0.692.